The van der Waals surface area contributed by atoms with Crippen LogP contribution in [0, 0.1) is 0 Å². The first-order valence-electron chi connectivity index (χ1n) is 12.3. The van der Waals surface area contributed by atoms with Gasteiger partial charge in [-0.15, -0.1) is 22.7 Å². The van der Waals surface area contributed by atoms with Crippen molar-refractivity contribution in [2.75, 3.05) is 27.4 Å². The Bertz CT molecular complexity index is 974. The summed E-state index contributed by atoms with van der Waals surface area (Å²) in [4.78, 5) is 24.9. The van der Waals surface area contributed by atoms with Crippen LogP contribution in [0.1, 0.15) is 51.4 Å². The first-order chi connectivity index (χ1) is 17.6. The maximum Gasteiger partial charge on any atom is 0.305 e. The third-order valence-electron chi connectivity index (χ3n) is 5.68. The van der Waals surface area contributed by atoms with E-state index in [1.165, 1.54) is 14.2 Å². The molecule has 0 amide bonds. The summed E-state index contributed by atoms with van der Waals surface area (Å²) in [5.74, 6) is 1.32. The monoisotopic (exact) mass is 530 g/mol. The second kappa shape index (κ2) is 15.3. The van der Waals surface area contributed by atoms with Crippen molar-refractivity contribution in [3.05, 3.63) is 47.2 Å². The quantitative estimate of drug-likeness (QED) is 0.142. The summed E-state index contributed by atoms with van der Waals surface area (Å²) in [6.45, 7) is 1.15. The van der Waals surface area contributed by atoms with Crippen LogP contribution in [0.15, 0.2) is 47.2 Å². The summed E-state index contributed by atoms with van der Waals surface area (Å²) in [6, 6.07) is 12.4. The maximum atomic E-state index is 11.3. The van der Waals surface area contributed by atoms with Crippen molar-refractivity contribution in [1.29, 1.82) is 0 Å². The molecule has 3 aromatic rings. The van der Waals surface area contributed by atoms with Gasteiger partial charge >= 0.3 is 11.9 Å². The highest BCUT2D eigenvalue weighted by atomic mass is 32.1. The number of hydrogen-bond donors (Lipinski definition) is 0. The van der Waals surface area contributed by atoms with Crippen molar-refractivity contribution in [3.63, 3.8) is 0 Å². The fraction of sp³-hybridized carbons (Fsp3) is 0.429. The number of unbranched alkanes of at least 4 members (excludes halogenated alkanes) is 4. The molecule has 194 valence electrons. The molecule has 6 nitrogen and oxygen atoms in total. The van der Waals surface area contributed by atoms with E-state index in [2.05, 4.69) is 35.0 Å². The Hall–Kier alpha value is -2.84. The maximum absolute atomic E-state index is 11.3. The smallest absolute Gasteiger partial charge is 0.305 e. The van der Waals surface area contributed by atoms with Crippen LogP contribution in [0.4, 0.5) is 0 Å². The highest BCUT2D eigenvalue weighted by molar-refractivity contribution is 7.14. The molecule has 0 atom stereocenters. The van der Waals surface area contributed by atoms with Crippen molar-refractivity contribution in [3.8, 4) is 32.4 Å². The van der Waals surface area contributed by atoms with Crippen molar-refractivity contribution in [1.82, 2.24) is 0 Å². The van der Waals surface area contributed by atoms with Gasteiger partial charge in [0.2, 0.25) is 0 Å². The molecule has 2 heterocycles. The Morgan fingerprint density at radius 2 is 1.11 bits per heavy atom. The van der Waals surface area contributed by atoms with Gasteiger partial charge in [-0.3, -0.25) is 9.59 Å². The lowest BCUT2D eigenvalue weighted by atomic mass is 10.1. The number of benzene rings is 1. The van der Waals surface area contributed by atoms with Gasteiger partial charge in [-0.05, 0) is 73.6 Å². The first kappa shape index (κ1) is 27.7. The zero-order valence-corrected chi connectivity index (χ0v) is 22.6. The van der Waals surface area contributed by atoms with Crippen molar-refractivity contribution < 1.29 is 28.5 Å². The van der Waals surface area contributed by atoms with Gasteiger partial charge in [0.25, 0.3) is 0 Å². The number of thiophene rings is 2. The highest BCUT2D eigenvalue weighted by Gasteiger charge is 2.17. The molecule has 0 aliphatic heterocycles. The summed E-state index contributed by atoms with van der Waals surface area (Å²) in [6.07, 6.45) is 5.98. The lowest BCUT2D eigenvalue weighted by Crippen LogP contribution is -2.04. The van der Waals surface area contributed by atoms with Crippen LogP contribution >= 0.6 is 22.7 Å². The van der Waals surface area contributed by atoms with Gasteiger partial charge < -0.3 is 18.9 Å². The lowest BCUT2D eigenvalue weighted by Gasteiger charge is -2.17. The van der Waals surface area contributed by atoms with E-state index >= 15 is 0 Å². The molecule has 0 aliphatic carbocycles. The number of carbonyl (C=O) groups excluding carboxylic acids is 2. The molecule has 0 fully saturated rings. The fourth-order valence-corrected chi connectivity index (χ4v) is 5.21. The number of rotatable bonds is 16. The predicted octanol–water partition coefficient (Wildman–Crippen LogP) is 7.37. The Kier molecular flexibility index (Phi) is 11.8. The van der Waals surface area contributed by atoms with E-state index in [0.29, 0.717) is 26.1 Å². The Morgan fingerprint density at radius 1 is 0.667 bits per heavy atom. The van der Waals surface area contributed by atoms with E-state index < -0.39 is 0 Å². The summed E-state index contributed by atoms with van der Waals surface area (Å²) in [5, 5.41) is 4.11. The van der Waals surface area contributed by atoms with Gasteiger partial charge in [0, 0.05) is 33.7 Å². The third kappa shape index (κ3) is 8.68. The molecule has 3 rings (SSSR count). The number of ether oxygens (including phenoxy) is 4. The lowest BCUT2D eigenvalue weighted by molar-refractivity contribution is -0.141. The van der Waals surface area contributed by atoms with E-state index in [1.807, 2.05) is 12.1 Å². The zero-order chi connectivity index (χ0) is 25.6. The molecule has 8 heteroatoms. The molecule has 0 bridgehead atoms. The average Bonchev–Trinajstić information content (AvgIpc) is 3.62. The Morgan fingerprint density at radius 3 is 1.47 bits per heavy atom. The van der Waals surface area contributed by atoms with Gasteiger partial charge in [0.05, 0.1) is 27.4 Å². The van der Waals surface area contributed by atoms with Crippen molar-refractivity contribution in [2.45, 2.75) is 51.4 Å². The van der Waals surface area contributed by atoms with E-state index in [0.717, 1.165) is 70.9 Å². The molecule has 2 aromatic heterocycles. The van der Waals surface area contributed by atoms with Gasteiger partial charge in [-0.2, -0.15) is 0 Å². The van der Waals surface area contributed by atoms with Crippen LogP contribution in [-0.2, 0) is 19.1 Å². The highest BCUT2D eigenvalue weighted by Crippen LogP contribution is 2.43. The van der Waals surface area contributed by atoms with Gasteiger partial charge in [-0.1, -0.05) is 12.1 Å². The second-order valence-corrected chi connectivity index (χ2v) is 10.2. The van der Waals surface area contributed by atoms with E-state index in [9.17, 15) is 9.59 Å². The molecule has 0 spiro atoms. The SMILES string of the molecule is COC(=O)CCCCCOc1cc(-c2cccs2)c(OCCCCCC(=O)OC)cc1-c1cccs1. The fourth-order valence-electron chi connectivity index (χ4n) is 3.71. The van der Waals surface area contributed by atoms with Gasteiger partial charge in [0.15, 0.2) is 0 Å². The molecule has 1 aromatic carbocycles. The minimum absolute atomic E-state index is 0.171. The van der Waals surface area contributed by atoms with Crippen LogP contribution in [0.2, 0.25) is 0 Å². The Labute approximate surface area is 221 Å². The minimum atomic E-state index is -0.171. The largest absolute Gasteiger partial charge is 0.493 e. The molecule has 36 heavy (non-hydrogen) atoms. The van der Waals surface area contributed by atoms with Crippen molar-refractivity contribution in [2.24, 2.45) is 0 Å². The molecule has 0 radical (unpaired) electrons. The molecule has 0 saturated carbocycles. The summed E-state index contributed by atoms with van der Waals surface area (Å²) < 4.78 is 22.0. The minimum Gasteiger partial charge on any atom is -0.493 e. The number of carbonyl (C=O) groups is 2. The second-order valence-electron chi connectivity index (χ2n) is 8.27. The molecular weight excluding hydrogens is 496 g/mol. The number of hydrogen-bond acceptors (Lipinski definition) is 8. The molecule has 0 unspecified atom stereocenters. The molecule has 0 saturated heterocycles. The average molecular weight is 531 g/mol. The van der Waals surface area contributed by atoms with Crippen LogP contribution in [0.25, 0.3) is 20.9 Å². The van der Waals surface area contributed by atoms with Crippen LogP contribution in [-0.4, -0.2) is 39.4 Å². The summed E-state index contributed by atoms with van der Waals surface area (Å²) >= 11 is 3.33. The third-order valence-corrected chi connectivity index (χ3v) is 7.48. The van der Waals surface area contributed by atoms with E-state index in [4.69, 9.17) is 18.9 Å². The van der Waals surface area contributed by atoms with E-state index in [1.54, 1.807) is 22.7 Å². The zero-order valence-electron chi connectivity index (χ0n) is 21.0. The number of esters is 2. The molecular formula is C28H34O6S2. The normalized spacial score (nSPS) is 10.7. The first-order valence-corrected chi connectivity index (χ1v) is 14.0. The van der Waals surface area contributed by atoms with E-state index in [-0.39, 0.29) is 11.9 Å². The van der Waals surface area contributed by atoms with Crippen LogP contribution in [0.5, 0.6) is 11.5 Å². The molecule has 0 aliphatic rings. The predicted molar refractivity (Wildman–Crippen MR) is 145 cm³/mol. The van der Waals surface area contributed by atoms with Gasteiger partial charge in [0.1, 0.15) is 11.5 Å². The standard InChI is InChI=1S/C28H34O6S2/c1-31-27(29)13-5-3-7-15-33-23-19-22(26-12-10-18-36-26)24(20-21(23)25-11-9-17-35-25)34-16-8-4-6-14-28(30)32-2/h9-12,17-20H,3-8,13-16H2,1-2H3. The summed E-state index contributed by atoms with van der Waals surface area (Å²) in [5.41, 5.74) is 2.03. The van der Waals surface area contributed by atoms with Crippen molar-refractivity contribution >= 4 is 34.6 Å². The number of methoxy groups -OCH3 is 2. The molecule has 0 N–H and O–H groups in total. The topological polar surface area (TPSA) is 71.1 Å². The van der Waals surface area contributed by atoms with Gasteiger partial charge in [-0.25, -0.2) is 0 Å². The Balaban J connectivity index is 1.70. The summed E-state index contributed by atoms with van der Waals surface area (Å²) in [7, 11) is 2.84. The van der Waals surface area contributed by atoms with Crippen LogP contribution < -0.4 is 9.47 Å². The van der Waals surface area contributed by atoms with Crippen LogP contribution in [0.3, 0.4) is 0 Å².